The summed E-state index contributed by atoms with van der Waals surface area (Å²) in [5.74, 6) is -0.0761. The van der Waals surface area contributed by atoms with E-state index in [1.807, 2.05) is 0 Å². The van der Waals surface area contributed by atoms with Gasteiger partial charge in [0.25, 0.3) is 5.91 Å². The zero-order valence-corrected chi connectivity index (χ0v) is 13.3. The molecule has 1 fully saturated rings. The van der Waals surface area contributed by atoms with Crippen LogP contribution in [0.15, 0.2) is 12.1 Å². The number of nitrogens with zero attached hydrogens (tertiary/aromatic N) is 2. The molecule has 3 rings (SSSR count). The molecule has 0 radical (unpaired) electrons. The molecular weight excluding hydrogens is 286 g/mol. The number of ether oxygens (including phenoxy) is 1. The molecule has 1 amide bonds. The van der Waals surface area contributed by atoms with Crippen LogP contribution < -0.4 is 10.2 Å². The Bertz CT molecular complexity index is 683. The SMILES string of the molecule is CNC(=O)C1CN(c2nc3c(C)c(C)ccc3s2)CCO1. The second-order valence-corrected chi connectivity index (χ2v) is 6.28. The third-order valence-corrected chi connectivity index (χ3v) is 5.03. The number of hydrogen-bond donors (Lipinski definition) is 1. The van der Waals surface area contributed by atoms with Crippen LogP contribution in [0.2, 0.25) is 0 Å². The lowest BCUT2D eigenvalue weighted by Gasteiger charge is -2.31. The first-order valence-electron chi connectivity index (χ1n) is 7.05. The fourth-order valence-electron chi connectivity index (χ4n) is 2.49. The Morgan fingerprint density at radius 1 is 1.48 bits per heavy atom. The Morgan fingerprint density at radius 3 is 3.05 bits per heavy atom. The molecule has 21 heavy (non-hydrogen) atoms. The van der Waals surface area contributed by atoms with Gasteiger partial charge in [-0.2, -0.15) is 0 Å². The summed E-state index contributed by atoms with van der Waals surface area (Å²) in [7, 11) is 1.63. The number of nitrogens with one attached hydrogen (secondary N) is 1. The quantitative estimate of drug-likeness (QED) is 0.920. The van der Waals surface area contributed by atoms with Crippen molar-refractivity contribution in [3.05, 3.63) is 23.3 Å². The summed E-state index contributed by atoms with van der Waals surface area (Å²) < 4.78 is 6.71. The molecule has 1 atom stereocenters. The van der Waals surface area contributed by atoms with Crippen LogP contribution in [0.1, 0.15) is 11.1 Å². The third-order valence-electron chi connectivity index (χ3n) is 3.95. The van der Waals surface area contributed by atoms with Crippen LogP contribution in [0, 0.1) is 13.8 Å². The van der Waals surface area contributed by atoms with Gasteiger partial charge >= 0.3 is 0 Å². The van der Waals surface area contributed by atoms with Crippen molar-refractivity contribution < 1.29 is 9.53 Å². The fraction of sp³-hybridized carbons (Fsp3) is 0.467. The number of fused-ring (bicyclic) bond motifs is 1. The Labute approximate surface area is 127 Å². The molecule has 2 heterocycles. The Kier molecular flexibility index (Phi) is 3.82. The first kappa shape index (κ1) is 14.3. The van der Waals surface area contributed by atoms with Crippen LogP contribution in [0.3, 0.4) is 0 Å². The van der Waals surface area contributed by atoms with E-state index in [1.54, 1.807) is 18.4 Å². The van der Waals surface area contributed by atoms with Crippen molar-refractivity contribution in [2.24, 2.45) is 0 Å². The summed E-state index contributed by atoms with van der Waals surface area (Å²) in [4.78, 5) is 18.7. The van der Waals surface area contributed by atoms with Crippen molar-refractivity contribution in [1.29, 1.82) is 0 Å². The standard InChI is InChI=1S/C15H19N3O2S/c1-9-4-5-12-13(10(9)2)17-15(21-12)18-6-7-20-11(8-18)14(19)16-3/h4-5,11H,6-8H2,1-3H3,(H,16,19). The maximum Gasteiger partial charge on any atom is 0.250 e. The molecule has 1 unspecified atom stereocenters. The van der Waals surface area contributed by atoms with Gasteiger partial charge in [-0.3, -0.25) is 4.79 Å². The second kappa shape index (κ2) is 5.61. The average molecular weight is 305 g/mol. The van der Waals surface area contributed by atoms with Crippen LogP contribution >= 0.6 is 11.3 Å². The molecule has 0 saturated carbocycles. The molecule has 2 aromatic rings. The smallest absolute Gasteiger partial charge is 0.250 e. The van der Waals surface area contributed by atoms with Crippen molar-refractivity contribution >= 4 is 32.6 Å². The van der Waals surface area contributed by atoms with Crippen molar-refractivity contribution in [3.63, 3.8) is 0 Å². The lowest BCUT2D eigenvalue weighted by molar-refractivity contribution is -0.132. The summed E-state index contributed by atoms with van der Waals surface area (Å²) in [6.45, 7) is 6.08. The number of benzene rings is 1. The molecule has 5 nitrogen and oxygen atoms in total. The summed E-state index contributed by atoms with van der Waals surface area (Å²) in [5.41, 5.74) is 3.55. The molecule has 1 N–H and O–H groups in total. The van der Waals surface area contributed by atoms with Gasteiger partial charge in [0.2, 0.25) is 0 Å². The van der Waals surface area contributed by atoms with E-state index < -0.39 is 6.10 Å². The predicted octanol–water partition coefficient (Wildman–Crippen LogP) is 1.86. The van der Waals surface area contributed by atoms with E-state index in [9.17, 15) is 4.79 Å². The van der Waals surface area contributed by atoms with Crippen molar-refractivity contribution in [1.82, 2.24) is 10.3 Å². The van der Waals surface area contributed by atoms with Gasteiger partial charge in [-0.05, 0) is 31.0 Å². The zero-order valence-electron chi connectivity index (χ0n) is 12.5. The molecule has 112 valence electrons. The van der Waals surface area contributed by atoms with Gasteiger partial charge in [-0.25, -0.2) is 4.98 Å². The van der Waals surface area contributed by atoms with Crippen molar-refractivity contribution in [2.75, 3.05) is 31.6 Å². The highest BCUT2D eigenvalue weighted by Gasteiger charge is 2.27. The topological polar surface area (TPSA) is 54.5 Å². The Balaban J connectivity index is 1.90. The maximum absolute atomic E-state index is 11.7. The average Bonchev–Trinajstić information content (AvgIpc) is 2.95. The van der Waals surface area contributed by atoms with E-state index in [4.69, 9.17) is 9.72 Å². The summed E-state index contributed by atoms with van der Waals surface area (Å²) in [5, 5.41) is 3.61. The van der Waals surface area contributed by atoms with E-state index in [0.717, 1.165) is 17.2 Å². The van der Waals surface area contributed by atoms with Crippen LogP contribution in [0.25, 0.3) is 10.2 Å². The largest absolute Gasteiger partial charge is 0.365 e. The van der Waals surface area contributed by atoms with E-state index in [1.165, 1.54) is 15.8 Å². The molecule has 1 saturated heterocycles. The van der Waals surface area contributed by atoms with E-state index in [-0.39, 0.29) is 5.91 Å². The minimum atomic E-state index is -0.418. The number of carbonyl (C=O) groups is 1. The highest BCUT2D eigenvalue weighted by Crippen LogP contribution is 2.32. The van der Waals surface area contributed by atoms with Crippen LogP contribution in [-0.4, -0.2) is 43.7 Å². The molecule has 1 aliphatic rings. The predicted molar refractivity (Wildman–Crippen MR) is 85.1 cm³/mol. The van der Waals surface area contributed by atoms with Gasteiger partial charge in [-0.15, -0.1) is 0 Å². The van der Waals surface area contributed by atoms with E-state index in [0.29, 0.717) is 13.2 Å². The number of likely N-dealkylation sites (N-methyl/N-ethyl adjacent to an activating group) is 1. The molecule has 0 bridgehead atoms. The van der Waals surface area contributed by atoms with Crippen molar-refractivity contribution in [3.8, 4) is 0 Å². The lowest BCUT2D eigenvalue weighted by Crippen LogP contribution is -2.49. The van der Waals surface area contributed by atoms with Gasteiger partial charge in [0.1, 0.15) is 0 Å². The third kappa shape index (κ3) is 2.61. The normalized spacial score (nSPS) is 19.0. The number of amides is 1. The monoisotopic (exact) mass is 305 g/mol. The lowest BCUT2D eigenvalue weighted by atomic mass is 10.1. The molecule has 6 heteroatoms. The van der Waals surface area contributed by atoms with Gasteiger partial charge in [0, 0.05) is 13.6 Å². The van der Waals surface area contributed by atoms with Gasteiger partial charge in [0.05, 0.1) is 23.4 Å². The molecule has 1 aliphatic heterocycles. The van der Waals surface area contributed by atoms with E-state index >= 15 is 0 Å². The highest BCUT2D eigenvalue weighted by molar-refractivity contribution is 7.22. The van der Waals surface area contributed by atoms with Crippen LogP contribution in [-0.2, 0) is 9.53 Å². The molecule has 0 spiro atoms. The molecule has 1 aromatic heterocycles. The van der Waals surface area contributed by atoms with Crippen molar-refractivity contribution in [2.45, 2.75) is 20.0 Å². The van der Waals surface area contributed by atoms with Crippen LogP contribution in [0.4, 0.5) is 5.13 Å². The first-order valence-corrected chi connectivity index (χ1v) is 7.86. The van der Waals surface area contributed by atoms with E-state index in [2.05, 4.69) is 36.2 Å². The van der Waals surface area contributed by atoms with Gasteiger partial charge in [0.15, 0.2) is 11.2 Å². The summed E-state index contributed by atoms with van der Waals surface area (Å²) in [6.07, 6.45) is -0.418. The van der Waals surface area contributed by atoms with Gasteiger partial charge < -0.3 is 15.0 Å². The summed E-state index contributed by atoms with van der Waals surface area (Å²) >= 11 is 1.68. The number of rotatable bonds is 2. The minimum Gasteiger partial charge on any atom is -0.365 e. The minimum absolute atomic E-state index is 0.0761. The number of anilines is 1. The van der Waals surface area contributed by atoms with Gasteiger partial charge in [-0.1, -0.05) is 17.4 Å². The Hall–Kier alpha value is -1.66. The maximum atomic E-state index is 11.7. The number of hydrogen-bond acceptors (Lipinski definition) is 5. The second-order valence-electron chi connectivity index (χ2n) is 5.27. The number of morpholine rings is 1. The zero-order chi connectivity index (χ0) is 15.0. The first-order chi connectivity index (χ1) is 10.1. The Morgan fingerprint density at radius 2 is 2.29 bits per heavy atom. The number of thiazole rings is 1. The number of carbonyl (C=O) groups excluding carboxylic acids is 1. The number of aromatic nitrogens is 1. The summed E-state index contributed by atoms with van der Waals surface area (Å²) in [6, 6.07) is 4.25. The molecular formula is C15H19N3O2S. The van der Waals surface area contributed by atoms with Crippen LogP contribution in [0.5, 0.6) is 0 Å². The molecule has 0 aliphatic carbocycles. The number of aryl methyl sites for hydroxylation is 2. The fourth-order valence-corrected chi connectivity index (χ4v) is 3.55. The highest BCUT2D eigenvalue weighted by atomic mass is 32.1. The molecule has 1 aromatic carbocycles.